The van der Waals surface area contributed by atoms with Gasteiger partial charge in [-0.15, -0.1) is 0 Å². The van der Waals surface area contributed by atoms with Crippen LogP contribution in [0.4, 0.5) is 13.2 Å². The van der Waals surface area contributed by atoms with Crippen LogP contribution in [0.2, 0.25) is 0 Å². The normalized spacial score (nSPS) is 12.0. The fraction of sp³-hybridized carbons (Fsp3) is 0.571. The fourth-order valence-corrected chi connectivity index (χ4v) is 1.34. The highest BCUT2D eigenvalue weighted by Crippen LogP contribution is 2.21. The summed E-state index contributed by atoms with van der Waals surface area (Å²) in [6, 6.07) is 1.76. The van der Waals surface area contributed by atoms with Crippen LogP contribution in [0.5, 0.6) is 0 Å². The number of aromatic nitrogens is 2. The lowest BCUT2D eigenvalue weighted by molar-refractivity contribution is -0.136. The molecule has 0 aliphatic carbocycles. The highest BCUT2D eigenvalue weighted by molar-refractivity contribution is 14.1. The summed E-state index contributed by atoms with van der Waals surface area (Å²) in [6.07, 6.45) is -3.04. The molecule has 0 spiro atoms. The average molecular weight is 304 g/mol. The first-order valence-electron chi connectivity index (χ1n) is 3.73. The maximum absolute atomic E-state index is 11.7. The van der Waals surface area contributed by atoms with Gasteiger partial charge in [0, 0.05) is 19.2 Å². The monoisotopic (exact) mass is 304 g/mol. The van der Waals surface area contributed by atoms with E-state index in [2.05, 4.69) is 5.10 Å². The lowest BCUT2D eigenvalue weighted by atomic mass is 10.3. The second-order valence-electron chi connectivity index (χ2n) is 2.62. The fourth-order valence-electron chi connectivity index (χ4n) is 0.903. The molecule has 0 atom stereocenters. The summed E-state index contributed by atoms with van der Waals surface area (Å²) < 4.78 is 37.5. The van der Waals surface area contributed by atoms with Crippen LogP contribution < -0.4 is 0 Å². The lowest BCUT2D eigenvalue weighted by Gasteiger charge is -2.05. The number of aryl methyl sites for hydroxylation is 1. The third kappa shape index (κ3) is 4.49. The van der Waals surface area contributed by atoms with Crippen molar-refractivity contribution in [3.8, 4) is 0 Å². The van der Waals surface area contributed by atoms with Crippen LogP contribution in [0.1, 0.15) is 12.8 Å². The topological polar surface area (TPSA) is 17.8 Å². The van der Waals surface area contributed by atoms with Crippen LogP contribution in [0.3, 0.4) is 0 Å². The average Bonchev–Trinajstić information content (AvgIpc) is 2.33. The SMILES string of the molecule is FC(F)(F)CCCn1ccc(I)n1. The standard InChI is InChI=1S/C7H8F3IN2/c8-7(9,10)3-1-4-13-5-2-6(11)12-13/h2,5H,1,3-4H2. The summed E-state index contributed by atoms with van der Waals surface area (Å²) in [6.45, 7) is 0.322. The molecule has 0 aliphatic heterocycles. The minimum Gasteiger partial charge on any atom is -0.272 e. The van der Waals surface area contributed by atoms with Crippen molar-refractivity contribution in [1.82, 2.24) is 9.78 Å². The van der Waals surface area contributed by atoms with Crippen molar-refractivity contribution >= 4 is 22.6 Å². The third-order valence-corrected chi connectivity index (χ3v) is 2.03. The van der Waals surface area contributed by atoms with E-state index in [-0.39, 0.29) is 6.42 Å². The second-order valence-corrected chi connectivity index (χ2v) is 3.73. The zero-order chi connectivity index (χ0) is 9.90. The molecule has 0 bridgehead atoms. The Bertz CT molecular complexity index is 269. The zero-order valence-electron chi connectivity index (χ0n) is 6.68. The van der Waals surface area contributed by atoms with Crippen LogP contribution in [0.25, 0.3) is 0 Å². The highest BCUT2D eigenvalue weighted by atomic mass is 127. The van der Waals surface area contributed by atoms with Crippen LogP contribution >= 0.6 is 22.6 Å². The first kappa shape index (κ1) is 10.8. The lowest BCUT2D eigenvalue weighted by Crippen LogP contribution is -2.09. The molecule has 1 heterocycles. The van der Waals surface area contributed by atoms with Gasteiger partial charge in [-0.25, -0.2) is 0 Å². The Kier molecular flexibility index (Phi) is 3.57. The zero-order valence-corrected chi connectivity index (χ0v) is 8.84. The predicted octanol–water partition coefficient (Wildman–Crippen LogP) is 2.83. The predicted molar refractivity (Wildman–Crippen MR) is 50.2 cm³/mol. The van der Waals surface area contributed by atoms with Gasteiger partial charge in [0.1, 0.15) is 3.70 Å². The largest absolute Gasteiger partial charge is 0.389 e. The number of alkyl halides is 3. The summed E-state index contributed by atoms with van der Waals surface area (Å²) in [5.41, 5.74) is 0. The Morgan fingerprint density at radius 3 is 2.62 bits per heavy atom. The molecule has 1 aromatic rings. The quantitative estimate of drug-likeness (QED) is 0.785. The molecule has 0 fully saturated rings. The van der Waals surface area contributed by atoms with E-state index in [1.807, 2.05) is 22.6 Å². The van der Waals surface area contributed by atoms with E-state index in [9.17, 15) is 13.2 Å². The molecule has 1 aromatic heterocycles. The molecule has 0 radical (unpaired) electrons. The summed E-state index contributed by atoms with van der Waals surface area (Å²) in [7, 11) is 0. The van der Waals surface area contributed by atoms with Gasteiger partial charge in [-0.2, -0.15) is 18.3 Å². The molecule has 0 saturated heterocycles. The Hall–Kier alpha value is -0.270. The van der Waals surface area contributed by atoms with Crippen molar-refractivity contribution in [2.75, 3.05) is 0 Å². The first-order valence-corrected chi connectivity index (χ1v) is 4.81. The summed E-state index contributed by atoms with van der Waals surface area (Å²) >= 11 is 2.01. The summed E-state index contributed by atoms with van der Waals surface area (Å²) in [4.78, 5) is 0. The number of nitrogens with zero attached hydrogens (tertiary/aromatic N) is 2. The van der Waals surface area contributed by atoms with E-state index in [1.165, 1.54) is 4.68 Å². The van der Waals surface area contributed by atoms with E-state index in [1.54, 1.807) is 12.3 Å². The number of rotatable bonds is 3. The summed E-state index contributed by atoms with van der Waals surface area (Å²) in [5.74, 6) is 0. The van der Waals surface area contributed by atoms with Gasteiger partial charge in [-0.05, 0) is 35.1 Å². The van der Waals surface area contributed by atoms with Gasteiger partial charge in [0.25, 0.3) is 0 Å². The van der Waals surface area contributed by atoms with Gasteiger partial charge in [0.05, 0.1) is 0 Å². The molecular formula is C7H8F3IN2. The number of halogens is 4. The van der Waals surface area contributed by atoms with Gasteiger partial charge >= 0.3 is 6.18 Å². The molecule has 0 saturated carbocycles. The number of hydrogen-bond acceptors (Lipinski definition) is 1. The highest BCUT2D eigenvalue weighted by Gasteiger charge is 2.25. The molecule has 74 valence electrons. The van der Waals surface area contributed by atoms with Crippen LogP contribution in [0.15, 0.2) is 12.3 Å². The molecular weight excluding hydrogens is 296 g/mol. The molecule has 0 N–H and O–H groups in total. The molecule has 0 amide bonds. The maximum atomic E-state index is 11.7. The van der Waals surface area contributed by atoms with E-state index in [0.29, 0.717) is 6.54 Å². The van der Waals surface area contributed by atoms with Crippen molar-refractivity contribution in [3.05, 3.63) is 16.0 Å². The van der Waals surface area contributed by atoms with Crippen molar-refractivity contribution in [3.63, 3.8) is 0 Å². The maximum Gasteiger partial charge on any atom is 0.389 e. The van der Waals surface area contributed by atoms with E-state index >= 15 is 0 Å². The van der Waals surface area contributed by atoms with Crippen molar-refractivity contribution in [2.24, 2.45) is 0 Å². The van der Waals surface area contributed by atoms with Gasteiger partial charge in [-0.1, -0.05) is 0 Å². The Balaban J connectivity index is 2.28. The molecule has 0 aliphatic rings. The molecule has 0 unspecified atom stereocenters. The Labute approximate surface area is 87.3 Å². The second kappa shape index (κ2) is 4.30. The van der Waals surface area contributed by atoms with Crippen LogP contribution in [-0.4, -0.2) is 16.0 Å². The van der Waals surface area contributed by atoms with E-state index in [0.717, 1.165) is 3.70 Å². The van der Waals surface area contributed by atoms with Gasteiger partial charge in [-0.3, -0.25) is 4.68 Å². The van der Waals surface area contributed by atoms with Crippen LogP contribution in [0, 0.1) is 3.70 Å². The molecule has 1 rings (SSSR count). The first-order chi connectivity index (χ1) is 5.97. The van der Waals surface area contributed by atoms with Gasteiger partial charge in [0.2, 0.25) is 0 Å². The third-order valence-electron chi connectivity index (χ3n) is 1.46. The molecule has 13 heavy (non-hydrogen) atoms. The number of hydrogen-bond donors (Lipinski definition) is 0. The molecule has 6 heteroatoms. The van der Waals surface area contributed by atoms with Crippen molar-refractivity contribution in [2.45, 2.75) is 25.6 Å². The molecule has 2 nitrogen and oxygen atoms in total. The van der Waals surface area contributed by atoms with Crippen LogP contribution in [-0.2, 0) is 6.54 Å². The van der Waals surface area contributed by atoms with E-state index in [4.69, 9.17) is 0 Å². The van der Waals surface area contributed by atoms with Crippen molar-refractivity contribution in [1.29, 1.82) is 0 Å². The van der Waals surface area contributed by atoms with Gasteiger partial charge in [0.15, 0.2) is 0 Å². The Morgan fingerprint density at radius 1 is 1.46 bits per heavy atom. The summed E-state index contributed by atoms with van der Waals surface area (Å²) in [5, 5.41) is 3.97. The van der Waals surface area contributed by atoms with Gasteiger partial charge < -0.3 is 0 Å². The molecule has 0 aromatic carbocycles. The smallest absolute Gasteiger partial charge is 0.272 e. The minimum absolute atomic E-state index is 0.0846. The van der Waals surface area contributed by atoms with E-state index < -0.39 is 12.6 Å². The van der Waals surface area contributed by atoms with Crippen molar-refractivity contribution < 1.29 is 13.2 Å². The Morgan fingerprint density at radius 2 is 2.15 bits per heavy atom. The minimum atomic E-state index is -4.06.